The lowest BCUT2D eigenvalue weighted by Crippen LogP contribution is -2.48. The van der Waals surface area contributed by atoms with E-state index in [1.54, 1.807) is 11.3 Å². The van der Waals surface area contributed by atoms with Gasteiger partial charge in [-0.3, -0.25) is 9.89 Å². The fraction of sp³-hybridized carbons (Fsp3) is 0.500. The van der Waals surface area contributed by atoms with Gasteiger partial charge in [0.25, 0.3) is 0 Å². The lowest BCUT2D eigenvalue weighted by molar-refractivity contribution is 0.198. The highest BCUT2D eigenvalue weighted by Gasteiger charge is 2.19. The molecular formula is C20H30IN5S. The maximum absolute atomic E-state index is 4.50. The number of nitrogens with one attached hydrogen (secondary N) is 2. The molecule has 0 bridgehead atoms. The van der Waals surface area contributed by atoms with Crippen LogP contribution in [0.2, 0.25) is 0 Å². The van der Waals surface area contributed by atoms with Crippen molar-refractivity contribution in [1.29, 1.82) is 0 Å². The second-order valence-corrected chi connectivity index (χ2v) is 7.85. The highest BCUT2D eigenvalue weighted by Crippen LogP contribution is 2.14. The van der Waals surface area contributed by atoms with Gasteiger partial charge in [0.05, 0.1) is 10.7 Å². The van der Waals surface area contributed by atoms with Crippen molar-refractivity contribution in [2.24, 2.45) is 4.99 Å². The summed E-state index contributed by atoms with van der Waals surface area (Å²) in [4.78, 5) is 11.4. The number of aliphatic imine (C=N–C) groups is 1. The molecule has 0 saturated carbocycles. The van der Waals surface area contributed by atoms with Crippen LogP contribution in [0.3, 0.4) is 0 Å². The van der Waals surface area contributed by atoms with Gasteiger partial charge in [-0.15, -0.1) is 35.3 Å². The summed E-state index contributed by atoms with van der Waals surface area (Å²) in [7, 11) is 1.84. The number of nitrogens with zero attached hydrogens (tertiary/aromatic N) is 3. The first-order chi connectivity index (χ1) is 12.7. The van der Waals surface area contributed by atoms with Gasteiger partial charge in [-0.1, -0.05) is 30.3 Å². The summed E-state index contributed by atoms with van der Waals surface area (Å²) in [6, 6.07) is 11.2. The number of likely N-dealkylation sites (tertiary alicyclic amines) is 1. The lowest BCUT2D eigenvalue weighted by Gasteiger charge is -2.33. The van der Waals surface area contributed by atoms with E-state index < -0.39 is 0 Å². The van der Waals surface area contributed by atoms with E-state index in [2.05, 4.69) is 61.2 Å². The molecule has 2 aromatic rings. The van der Waals surface area contributed by atoms with Crippen molar-refractivity contribution in [1.82, 2.24) is 20.5 Å². The Morgan fingerprint density at radius 2 is 2.00 bits per heavy atom. The smallest absolute Gasteiger partial charge is 0.191 e. The molecule has 0 atom stereocenters. The Balaban J connectivity index is 0.00000261. The van der Waals surface area contributed by atoms with Crippen molar-refractivity contribution in [2.45, 2.75) is 38.8 Å². The average molecular weight is 499 g/mol. The number of aromatic nitrogens is 1. The van der Waals surface area contributed by atoms with E-state index in [1.165, 1.54) is 5.56 Å². The van der Waals surface area contributed by atoms with Gasteiger partial charge < -0.3 is 10.6 Å². The third kappa shape index (κ3) is 7.38. The summed E-state index contributed by atoms with van der Waals surface area (Å²) in [5.41, 5.74) is 2.55. The molecule has 7 heteroatoms. The van der Waals surface area contributed by atoms with Gasteiger partial charge in [0.1, 0.15) is 0 Å². The number of halogens is 1. The van der Waals surface area contributed by atoms with E-state index in [0.717, 1.165) is 62.1 Å². The molecule has 0 spiro atoms. The summed E-state index contributed by atoms with van der Waals surface area (Å²) in [6.45, 7) is 6.21. The Bertz CT molecular complexity index is 695. The van der Waals surface area contributed by atoms with Crippen LogP contribution in [-0.4, -0.2) is 48.6 Å². The first-order valence-corrected chi connectivity index (χ1v) is 10.3. The third-order valence-electron chi connectivity index (χ3n) is 4.74. The number of hydrogen-bond acceptors (Lipinski definition) is 4. The minimum atomic E-state index is 0. The molecule has 1 fully saturated rings. The SMILES string of the molecule is CN=C(NCCc1csc(C)n1)NC1CCN(Cc2ccccc2)CC1.I. The van der Waals surface area contributed by atoms with Crippen LogP contribution < -0.4 is 10.6 Å². The van der Waals surface area contributed by atoms with Crippen LogP contribution in [0, 0.1) is 6.92 Å². The Hall–Kier alpha value is -1.19. The van der Waals surface area contributed by atoms with Crippen LogP contribution in [0.1, 0.15) is 29.1 Å². The molecule has 148 valence electrons. The highest BCUT2D eigenvalue weighted by molar-refractivity contribution is 14.0. The molecule has 0 unspecified atom stereocenters. The summed E-state index contributed by atoms with van der Waals surface area (Å²) in [6.07, 6.45) is 3.23. The van der Waals surface area contributed by atoms with Crippen LogP contribution in [0.5, 0.6) is 0 Å². The van der Waals surface area contributed by atoms with Gasteiger partial charge in [-0.25, -0.2) is 4.98 Å². The van der Waals surface area contributed by atoms with E-state index in [-0.39, 0.29) is 24.0 Å². The second kappa shape index (κ2) is 11.6. The maximum atomic E-state index is 4.50. The zero-order chi connectivity index (χ0) is 18.2. The molecule has 3 rings (SSSR count). The van der Waals surface area contributed by atoms with E-state index in [4.69, 9.17) is 0 Å². The molecule has 2 heterocycles. The summed E-state index contributed by atoms with van der Waals surface area (Å²) in [5.74, 6) is 0.901. The molecule has 1 aliphatic rings. The number of hydrogen-bond donors (Lipinski definition) is 2. The number of guanidine groups is 1. The van der Waals surface area contributed by atoms with E-state index in [0.29, 0.717) is 6.04 Å². The fourth-order valence-electron chi connectivity index (χ4n) is 3.30. The minimum absolute atomic E-state index is 0. The van der Waals surface area contributed by atoms with Gasteiger partial charge in [0.15, 0.2) is 5.96 Å². The molecule has 0 radical (unpaired) electrons. The van der Waals surface area contributed by atoms with Gasteiger partial charge in [-0.2, -0.15) is 0 Å². The quantitative estimate of drug-likeness (QED) is 0.363. The summed E-state index contributed by atoms with van der Waals surface area (Å²) >= 11 is 1.71. The lowest BCUT2D eigenvalue weighted by atomic mass is 10.0. The molecule has 1 aliphatic heterocycles. The largest absolute Gasteiger partial charge is 0.356 e. The van der Waals surface area contributed by atoms with Crippen LogP contribution in [0.25, 0.3) is 0 Å². The third-order valence-corrected chi connectivity index (χ3v) is 5.56. The van der Waals surface area contributed by atoms with Crippen molar-refractivity contribution in [3.05, 3.63) is 52.0 Å². The molecule has 0 aliphatic carbocycles. The zero-order valence-corrected chi connectivity index (χ0v) is 19.3. The molecule has 1 saturated heterocycles. The fourth-order valence-corrected chi connectivity index (χ4v) is 3.94. The number of rotatable bonds is 6. The van der Waals surface area contributed by atoms with Crippen LogP contribution in [0.4, 0.5) is 0 Å². The molecule has 0 amide bonds. The second-order valence-electron chi connectivity index (χ2n) is 6.79. The standard InChI is InChI=1S/C20H29N5S.HI/c1-16-23-19(15-26-16)8-11-22-20(21-2)24-18-9-12-25(13-10-18)14-17-6-4-3-5-7-17;/h3-7,15,18H,8-14H2,1-2H3,(H2,21,22,24);1H. The number of thiazole rings is 1. The average Bonchev–Trinajstić information content (AvgIpc) is 3.08. The predicted octanol–water partition coefficient (Wildman–Crippen LogP) is 3.44. The van der Waals surface area contributed by atoms with Crippen LogP contribution in [-0.2, 0) is 13.0 Å². The molecule has 5 nitrogen and oxygen atoms in total. The van der Waals surface area contributed by atoms with Crippen LogP contribution in [0.15, 0.2) is 40.7 Å². The first-order valence-electron chi connectivity index (χ1n) is 9.37. The molecule has 27 heavy (non-hydrogen) atoms. The molecule has 2 N–H and O–H groups in total. The van der Waals surface area contributed by atoms with Gasteiger partial charge >= 0.3 is 0 Å². The van der Waals surface area contributed by atoms with Crippen molar-refractivity contribution >= 4 is 41.3 Å². The topological polar surface area (TPSA) is 52.6 Å². The Kier molecular flexibility index (Phi) is 9.50. The number of aryl methyl sites for hydroxylation is 1. The van der Waals surface area contributed by atoms with Crippen molar-refractivity contribution in [3.8, 4) is 0 Å². The summed E-state index contributed by atoms with van der Waals surface area (Å²) in [5, 5.41) is 10.3. The van der Waals surface area contributed by atoms with Gasteiger partial charge in [0.2, 0.25) is 0 Å². The monoisotopic (exact) mass is 499 g/mol. The molecule has 1 aromatic carbocycles. The van der Waals surface area contributed by atoms with Crippen molar-refractivity contribution in [2.75, 3.05) is 26.7 Å². The van der Waals surface area contributed by atoms with E-state index in [9.17, 15) is 0 Å². The maximum Gasteiger partial charge on any atom is 0.191 e. The predicted molar refractivity (Wildman–Crippen MR) is 125 cm³/mol. The van der Waals surface area contributed by atoms with Crippen molar-refractivity contribution < 1.29 is 0 Å². The van der Waals surface area contributed by atoms with E-state index >= 15 is 0 Å². The number of benzene rings is 1. The first kappa shape index (κ1) is 22.1. The van der Waals surface area contributed by atoms with Gasteiger partial charge in [-0.05, 0) is 25.3 Å². The molecule has 1 aromatic heterocycles. The Morgan fingerprint density at radius 1 is 1.26 bits per heavy atom. The highest BCUT2D eigenvalue weighted by atomic mass is 127. The number of piperidine rings is 1. The minimum Gasteiger partial charge on any atom is -0.356 e. The normalized spacial score (nSPS) is 16.0. The van der Waals surface area contributed by atoms with Crippen molar-refractivity contribution in [3.63, 3.8) is 0 Å². The van der Waals surface area contributed by atoms with E-state index in [1.807, 2.05) is 14.0 Å². The van der Waals surface area contributed by atoms with Gasteiger partial charge in [0, 0.05) is 51.1 Å². The summed E-state index contributed by atoms with van der Waals surface area (Å²) < 4.78 is 0. The Labute approximate surface area is 183 Å². The zero-order valence-electron chi connectivity index (χ0n) is 16.1. The molecular weight excluding hydrogens is 469 g/mol. The van der Waals surface area contributed by atoms with Crippen LogP contribution >= 0.6 is 35.3 Å². The Morgan fingerprint density at radius 3 is 2.63 bits per heavy atom.